The predicted octanol–water partition coefficient (Wildman–Crippen LogP) is 3.89. The lowest BCUT2D eigenvalue weighted by molar-refractivity contribution is -0.113. The van der Waals surface area contributed by atoms with Gasteiger partial charge in [-0.25, -0.2) is 0 Å². The maximum Gasteiger partial charge on any atom is 0.234 e. The molecule has 3 aromatic rings. The predicted molar refractivity (Wildman–Crippen MR) is 99.6 cm³/mol. The Hall–Kier alpha value is -2.12. The van der Waals surface area contributed by atoms with Crippen molar-refractivity contribution in [2.75, 3.05) is 11.1 Å². The summed E-state index contributed by atoms with van der Waals surface area (Å²) in [6.07, 6.45) is 0. The van der Waals surface area contributed by atoms with E-state index in [0.717, 1.165) is 27.1 Å². The number of amides is 1. The molecular weight excluding hydrogens is 340 g/mol. The van der Waals surface area contributed by atoms with E-state index in [2.05, 4.69) is 21.6 Å². The molecule has 2 aromatic heterocycles. The van der Waals surface area contributed by atoms with Gasteiger partial charge in [-0.1, -0.05) is 35.5 Å². The van der Waals surface area contributed by atoms with Crippen LogP contribution in [0.1, 0.15) is 11.1 Å². The van der Waals surface area contributed by atoms with Crippen LogP contribution in [0.4, 0.5) is 5.69 Å². The second-order valence-electron chi connectivity index (χ2n) is 5.50. The summed E-state index contributed by atoms with van der Waals surface area (Å²) in [5.74, 6) is 1.07. The van der Waals surface area contributed by atoms with E-state index in [9.17, 15) is 4.79 Å². The van der Waals surface area contributed by atoms with Crippen molar-refractivity contribution >= 4 is 34.7 Å². The number of aromatic nitrogens is 3. The van der Waals surface area contributed by atoms with Crippen LogP contribution < -0.4 is 5.32 Å². The molecule has 5 nitrogen and oxygen atoms in total. The van der Waals surface area contributed by atoms with Crippen LogP contribution in [0.5, 0.6) is 0 Å². The number of hydrogen-bond donors (Lipinski definition) is 1. The van der Waals surface area contributed by atoms with Crippen molar-refractivity contribution < 1.29 is 4.79 Å². The summed E-state index contributed by atoms with van der Waals surface area (Å²) in [5, 5.41) is 14.1. The van der Waals surface area contributed by atoms with Gasteiger partial charge in [-0.05, 0) is 36.9 Å². The number of thioether (sulfide) groups is 1. The Balaban J connectivity index is 1.62. The van der Waals surface area contributed by atoms with Gasteiger partial charge in [0, 0.05) is 12.7 Å². The van der Waals surface area contributed by atoms with Gasteiger partial charge in [0.05, 0.1) is 10.6 Å². The minimum Gasteiger partial charge on any atom is -0.325 e. The highest BCUT2D eigenvalue weighted by Crippen LogP contribution is 2.26. The normalized spacial score (nSPS) is 10.8. The standard InChI is InChI=1S/C17H18N4OS2/c1-11-6-7-13(12(2)9-11)18-15(22)10-24-17-20-19-16(21(17)3)14-5-4-8-23-14/h4-9H,10H2,1-3H3,(H,18,22). The molecule has 0 aliphatic rings. The third-order valence-corrected chi connectivity index (χ3v) is 5.45. The van der Waals surface area contributed by atoms with Crippen molar-refractivity contribution in [3.63, 3.8) is 0 Å². The maximum absolute atomic E-state index is 12.2. The molecular formula is C17H18N4OS2. The van der Waals surface area contributed by atoms with Crippen molar-refractivity contribution in [2.24, 2.45) is 7.05 Å². The molecule has 1 N–H and O–H groups in total. The monoisotopic (exact) mass is 358 g/mol. The fraction of sp³-hybridized carbons (Fsp3) is 0.235. The summed E-state index contributed by atoms with van der Waals surface area (Å²) >= 11 is 3.00. The Morgan fingerprint density at radius 3 is 2.83 bits per heavy atom. The summed E-state index contributed by atoms with van der Waals surface area (Å²) in [6, 6.07) is 9.98. The van der Waals surface area contributed by atoms with Gasteiger partial charge in [0.15, 0.2) is 11.0 Å². The molecule has 24 heavy (non-hydrogen) atoms. The van der Waals surface area contributed by atoms with Gasteiger partial charge in [0.2, 0.25) is 5.91 Å². The lowest BCUT2D eigenvalue weighted by atomic mass is 10.1. The smallest absolute Gasteiger partial charge is 0.234 e. The van der Waals surface area contributed by atoms with Gasteiger partial charge >= 0.3 is 0 Å². The molecule has 7 heteroatoms. The summed E-state index contributed by atoms with van der Waals surface area (Å²) in [4.78, 5) is 13.2. The number of benzene rings is 1. The minimum absolute atomic E-state index is 0.0485. The zero-order valence-electron chi connectivity index (χ0n) is 13.7. The first kappa shape index (κ1) is 16.7. The Kier molecular flexibility index (Phi) is 5.01. The van der Waals surface area contributed by atoms with Crippen LogP contribution in [-0.4, -0.2) is 26.4 Å². The van der Waals surface area contributed by atoms with Gasteiger partial charge in [-0.15, -0.1) is 21.5 Å². The Labute approximate surface area is 149 Å². The number of anilines is 1. The molecule has 0 saturated carbocycles. The van der Waals surface area contributed by atoms with E-state index in [-0.39, 0.29) is 5.91 Å². The quantitative estimate of drug-likeness (QED) is 0.703. The highest BCUT2D eigenvalue weighted by atomic mass is 32.2. The number of nitrogens with zero attached hydrogens (tertiary/aromatic N) is 3. The van der Waals surface area contributed by atoms with Crippen molar-refractivity contribution in [3.05, 3.63) is 46.8 Å². The van der Waals surface area contributed by atoms with E-state index in [4.69, 9.17) is 0 Å². The number of hydrogen-bond acceptors (Lipinski definition) is 5. The van der Waals surface area contributed by atoms with Crippen LogP contribution in [0.25, 0.3) is 10.7 Å². The van der Waals surface area contributed by atoms with E-state index < -0.39 is 0 Å². The van der Waals surface area contributed by atoms with Crippen LogP contribution in [0.15, 0.2) is 40.9 Å². The van der Waals surface area contributed by atoms with Crippen LogP contribution in [0, 0.1) is 13.8 Å². The van der Waals surface area contributed by atoms with Crippen LogP contribution in [0.3, 0.4) is 0 Å². The third-order valence-electron chi connectivity index (χ3n) is 3.56. The average molecular weight is 358 g/mol. The zero-order chi connectivity index (χ0) is 17.1. The largest absolute Gasteiger partial charge is 0.325 e. The highest BCUT2D eigenvalue weighted by Gasteiger charge is 2.13. The number of thiophene rings is 1. The Morgan fingerprint density at radius 2 is 2.12 bits per heavy atom. The molecule has 3 rings (SSSR count). The Morgan fingerprint density at radius 1 is 1.29 bits per heavy atom. The first-order chi connectivity index (χ1) is 11.5. The Bertz CT molecular complexity index is 856. The van der Waals surface area contributed by atoms with Crippen molar-refractivity contribution in [2.45, 2.75) is 19.0 Å². The highest BCUT2D eigenvalue weighted by molar-refractivity contribution is 7.99. The van der Waals surface area contributed by atoms with E-state index >= 15 is 0 Å². The molecule has 0 bridgehead atoms. The van der Waals surface area contributed by atoms with Crippen LogP contribution >= 0.6 is 23.1 Å². The van der Waals surface area contributed by atoms with E-state index in [1.54, 1.807) is 11.3 Å². The van der Waals surface area contributed by atoms with E-state index in [1.807, 2.05) is 55.1 Å². The molecule has 0 unspecified atom stereocenters. The number of nitrogens with one attached hydrogen (secondary N) is 1. The fourth-order valence-corrected chi connectivity index (χ4v) is 3.79. The first-order valence-corrected chi connectivity index (χ1v) is 9.34. The van der Waals surface area contributed by atoms with Crippen LogP contribution in [0.2, 0.25) is 0 Å². The molecule has 0 radical (unpaired) electrons. The minimum atomic E-state index is -0.0485. The lowest BCUT2D eigenvalue weighted by Gasteiger charge is -2.09. The second kappa shape index (κ2) is 7.19. The summed E-state index contributed by atoms with van der Waals surface area (Å²) in [6.45, 7) is 4.03. The van der Waals surface area contributed by atoms with Gasteiger partial charge in [0.1, 0.15) is 0 Å². The second-order valence-corrected chi connectivity index (χ2v) is 7.39. The van der Waals surface area contributed by atoms with Crippen molar-refractivity contribution in [1.82, 2.24) is 14.8 Å². The van der Waals surface area contributed by atoms with Gasteiger partial charge in [-0.2, -0.15) is 0 Å². The number of aryl methyl sites for hydroxylation is 2. The first-order valence-electron chi connectivity index (χ1n) is 7.48. The molecule has 1 aromatic carbocycles. The number of carbonyl (C=O) groups is 1. The molecule has 0 aliphatic heterocycles. The third kappa shape index (κ3) is 3.68. The average Bonchev–Trinajstić information content (AvgIpc) is 3.18. The van der Waals surface area contributed by atoms with Gasteiger partial charge < -0.3 is 9.88 Å². The summed E-state index contributed by atoms with van der Waals surface area (Å²) < 4.78 is 1.92. The molecule has 0 aliphatic carbocycles. The lowest BCUT2D eigenvalue weighted by Crippen LogP contribution is -2.15. The fourth-order valence-electron chi connectivity index (χ4n) is 2.33. The molecule has 124 valence electrons. The van der Waals surface area contributed by atoms with E-state index in [0.29, 0.717) is 5.75 Å². The van der Waals surface area contributed by atoms with Crippen molar-refractivity contribution in [3.8, 4) is 10.7 Å². The summed E-state index contributed by atoms with van der Waals surface area (Å²) in [7, 11) is 1.92. The molecule has 0 fully saturated rings. The van der Waals surface area contributed by atoms with Crippen molar-refractivity contribution in [1.29, 1.82) is 0 Å². The molecule has 0 spiro atoms. The zero-order valence-corrected chi connectivity index (χ0v) is 15.4. The molecule has 2 heterocycles. The molecule has 0 atom stereocenters. The number of rotatable bonds is 5. The van der Waals surface area contributed by atoms with Crippen LogP contribution in [-0.2, 0) is 11.8 Å². The topological polar surface area (TPSA) is 59.8 Å². The maximum atomic E-state index is 12.2. The van der Waals surface area contributed by atoms with Gasteiger partial charge in [0.25, 0.3) is 0 Å². The summed E-state index contributed by atoms with van der Waals surface area (Å²) in [5.41, 5.74) is 3.09. The molecule has 1 amide bonds. The molecule has 0 saturated heterocycles. The van der Waals surface area contributed by atoms with E-state index in [1.165, 1.54) is 17.3 Å². The van der Waals surface area contributed by atoms with Gasteiger partial charge in [-0.3, -0.25) is 4.79 Å². The number of carbonyl (C=O) groups excluding carboxylic acids is 1. The SMILES string of the molecule is Cc1ccc(NC(=O)CSc2nnc(-c3cccs3)n2C)c(C)c1.